The monoisotopic (exact) mass is 479 g/mol. The van der Waals surface area contributed by atoms with Crippen LogP contribution in [0.1, 0.15) is 39.7 Å². The van der Waals surface area contributed by atoms with Gasteiger partial charge in [-0.05, 0) is 79.0 Å². The molecule has 0 saturated carbocycles. The molecular weight excluding hydrogens is 458 g/mol. The van der Waals surface area contributed by atoms with E-state index in [2.05, 4.69) is 26.3 Å². The number of aromatic nitrogens is 2. The molecule has 0 aliphatic carbocycles. The van der Waals surface area contributed by atoms with E-state index in [0.29, 0.717) is 23.1 Å². The van der Waals surface area contributed by atoms with E-state index in [-0.39, 0.29) is 18.3 Å². The lowest BCUT2D eigenvalue weighted by Gasteiger charge is -2.07. The molecule has 0 unspecified atom stereocenters. The Morgan fingerprint density at radius 3 is 2.76 bits per heavy atom. The van der Waals surface area contributed by atoms with Crippen molar-refractivity contribution in [3.05, 3.63) is 68.3 Å². The van der Waals surface area contributed by atoms with Gasteiger partial charge >= 0.3 is 0 Å². The molecule has 0 fully saturated rings. The van der Waals surface area contributed by atoms with E-state index in [1.54, 1.807) is 24.3 Å². The summed E-state index contributed by atoms with van der Waals surface area (Å²) in [6.07, 6.45) is 0.771. The number of amides is 1. The highest BCUT2D eigenvalue weighted by Crippen LogP contribution is 2.22. The van der Waals surface area contributed by atoms with Crippen molar-refractivity contribution in [2.45, 2.75) is 40.3 Å². The van der Waals surface area contributed by atoms with Crippen LogP contribution >= 0.6 is 27.5 Å². The van der Waals surface area contributed by atoms with Crippen molar-refractivity contribution in [3.8, 4) is 5.75 Å². The van der Waals surface area contributed by atoms with Gasteiger partial charge < -0.3 is 14.5 Å². The molecule has 0 aliphatic rings. The molecule has 1 N–H and O–H groups in total. The summed E-state index contributed by atoms with van der Waals surface area (Å²) in [4.78, 5) is 12.3. The second-order valence-electron chi connectivity index (χ2n) is 6.78. The third-order valence-corrected chi connectivity index (χ3v) is 6.09. The average molecular weight is 481 g/mol. The smallest absolute Gasteiger partial charge is 0.286 e. The molecule has 8 heteroatoms. The van der Waals surface area contributed by atoms with Gasteiger partial charge in [0.25, 0.3) is 5.91 Å². The standard InChI is InChI=1S/C21H23BrClN3O3/c1-13-11-16(5-7-18(13)23)28-12-17-6-8-19(29-17)21(27)24-9-4-10-26-15(3)20(22)14(2)25-26/h5-8,11H,4,9-10,12H2,1-3H3,(H,24,27). The summed E-state index contributed by atoms with van der Waals surface area (Å²) in [6.45, 7) is 7.39. The zero-order valence-corrected chi connectivity index (χ0v) is 18.9. The Kier molecular flexibility index (Phi) is 7.03. The first kappa shape index (κ1) is 21.5. The molecule has 154 valence electrons. The Morgan fingerprint density at radius 1 is 1.28 bits per heavy atom. The summed E-state index contributed by atoms with van der Waals surface area (Å²) < 4.78 is 14.2. The zero-order chi connectivity index (χ0) is 21.0. The van der Waals surface area contributed by atoms with Gasteiger partial charge in [-0.15, -0.1) is 0 Å². The lowest BCUT2D eigenvalue weighted by molar-refractivity contribution is 0.0921. The van der Waals surface area contributed by atoms with Crippen LogP contribution in [0.5, 0.6) is 5.75 Å². The van der Waals surface area contributed by atoms with Gasteiger partial charge in [-0.25, -0.2) is 0 Å². The van der Waals surface area contributed by atoms with Gasteiger partial charge in [0.05, 0.1) is 10.2 Å². The van der Waals surface area contributed by atoms with Crippen LogP contribution in [0.4, 0.5) is 0 Å². The van der Waals surface area contributed by atoms with E-state index < -0.39 is 0 Å². The predicted molar refractivity (Wildman–Crippen MR) is 116 cm³/mol. The van der Waals surface area contributed by atoms with Gasteiger partial charge in [-0.2, -0.15) is 5.10 Å². The number of carbonyl (C=O) groups is 1. The van der Waals surface area contributed by atoms with Crippen LogP contribution < -0.4 is 10.1 Å². The zero-order valence-electron chi connectivity index (χ0n) is 16.6. The number of carbonyl (C=O) groups excluding carboxylic acids is 1. The van der Waals surface area contributed by atoms with Crippen molar-refractivity contribution in [3.63, 3.8) is 0 Å². The van der Waals surface area contributed by atoms with Crippen LogP contribution in [0, 0.1) is 20.8 Å². The molecule has 2 heterocycles. The van der Waals surface area contributed by atoms with E-state index in [1.807, 2.05) is 31.5 Å². The molecule has 0 radical (unpaired) electrons. The number of nitrogens with one attached hydrogen (secondary N) is 1. The molecule has 0 saturated heterocycles. The molecule has 0 bridgehead atoms. The molecule has 2 aromatic heterocycles. The Labute approximate surface area is 183 Å². The molecule has 6 nitrogen and oxygen atoms in total. The quantitative estimate of drug-likeness (QED) is 0.449. The Balaban J connectivity index is 1.45. The second kappa shape index (κ2) is 9.50. The van der Waals surface area contributed by atoms with Gasteiger partial charge in [0.2, 0.25) is 0 Å². The molecule has 3 aromatic rings. The normalized spacial score (nSPS) is 10.9. The molecule has 29 heavy (non-hydrogen) atoms. The maximum Gasteiger partial charge on any atom is 0.286 e. The highest BCUT2D eigenvalue weighted by molar-refractivity contribution is 9.10. The molecule has 1 amide bonds. The lowest BCUT2D eigenvalue weighted by Crippen LogP contribution is -2.25. The van der Waals surface area contributed by atoms with Gasteiger partial charge in [0.1, 0.15) is 18.1 Å². The fraction of sp³-hybridized carbons (Fsp3) is 0.333. The van der Waals surface area contributed by atoms with Crippen LogP contribution in [0.15, 0.2) is 39.2 Å². The van der Waals surface area contributed by atoms with E-state index in [9.17, 15) is 4.79 Å². The lowest BCUT2D eigenvalue weighted by atomic mass is 10.2. The van der Waals surface area contributed by atoms with E-state index in [1.165, 1.54) is 0 Å². The summed E-state index contributed by atoms with van der Waals surface area (Å²) >= 11 is 9.53. The Hall–Kier alpha value is -2.25. The van der Waals surface area contributed by atoms with Crippen LogP contribution in [0.2, 0.25) is 5.02 Å². The first-order valence-electron chi connectivity index (χ1n) is 9.30. The van der Waals surface area contributed by atoms with Crippen molar-refractivity contribution in [1.82, 2.24) is 15.1 Å². The maximum atomic E-state index is 12.3. The van der Waals surface area contributed by atoms with Crippen LogP contribution in [0.3, 0.4) is 0 Å². The van der Waals surface area contributed by atoms with Crippen molar-refractivity contribution >= 4 is 33.4 Å². The van der Waals surface area contributed by atoms with Crippen molar-refractivity contribution in [1.29, 1.82) is 0 Å². The minimum Gasteiger partial charge on any atom is -0.486 e. The minimum atomic E-state index is -0.242. The first-order valence-corrected chi connectivity index (χ1v) is 10.5. The first-order chi connectivity index (χ1) is 13.8. The van der Waals surface area contributed by atoms with Gasteiger partial charge in [0, 0.05) is 23.8 Å². The third kappa shape index (κ3) is 5.42. The van der Waals surface area contributed by atoms with Crippen LogP contribution in [-0.4, -0.2) is 22.2 Å². The second-order valence-corrected chi connectivity index (χ2v) is 7.98. The molecule has 3 rings (SSSR count). The predicted octanol–water partition coefficient (Wildman–Crippen LogP) is 5.22. The summed E-state index contributed by atoms with van der Waals surface area (Å²) in [6, 6.07) is 8.84. The highest BCUT2D eigenvalue weighted by Gasteiger charge is 2.12. The van der Waals surface area contributed by atoms with Crippen molar-refractivity contribution < 1.29 is 13.9 Å². The summed E-state index contributed by atoms with van der Waals surface area (Å²) in [5.74, 6) is 1.30. The third-order valence-electron chi connectivity index (χ3n) is 4.52. The van der Waals surface area contributed by atoms with Crippen molar-refractivity contribution in [2.75, 3.05) is 6.54 Å². The molecule has 0 aliphatic heterocycles. The Morgan fingerprint density at radius 2 is 2.07 bits per heavy atom. The number of hydrogen-bond donors (Lipinski definition) is 1. The molecule has 1 aromatic carbocycles. The average Bonchev–Trinajstić information content (AvgIpc) is 3.27. The fourth-order valence-corrected chi connectivity index (χ4v) is 3.25. The SMILES string of the molecule is Cc1cc(OCc2ccc(C(=O)NCCCn3nc(C)c(Br)c3C)o2)ccc1Cl. The number of halogens is 2. The number of furan rings is 1. The van der Waals surface area contributed by atoms with E-state index >= 15 is 0 Å². The number of ether oxygens (including phenoxy) is 1. The number of nitrogens with zero attached hydrogens (tertiary/aromatic N) is 2. The van der Waals surface area contributed by atoms with Crippen molar-refractivity contribution in [2.24, 2.45) is 0 Å². The Bertz CT molecular complexity index is 1010. The van der Waals surface area contributed by atoms with Gasteiger partial charge in [-0.1, -0.05) is 11.6 Å². The summed E-state index contributed by atoms with van der Waals surface area (Å²) in [5.41, 5.74) is 2.99. The molecular formula is C21H23BrClN3O3. The van der Waals surface area contributed by atoms with E-state index in [4.69, 9.17) is 20.8 Å². The summed E-state index contributed by atoms with van der Waals surface area (Å²) in [7, 11) is 0. The maximum absolute atomic E-state index is 12.3. The fourth-order valence-electron chi connectivity index (χ4n) is 2.85. The highest BCUT2D eigenvalue weighted by atomic mass is 79.9. The molecule has 0 spiro atoms. The number of hydrogen-bond acceptors (Lipinski definition) is 4. The number of benzene rings is 1. The van der Waals surface area contributed by atoms with E-state index in [0.717, 1.165) is 34.4 Å². The van der Waals surface area contributed by atoms with Crippen LogP contribution in [0.25, 0.3) is 0 Å². The van der Waals surface area contributed by atoms with Gasteiger partial charge in [-0.3, -0.25) is 9.48 Å². The number of aryl methyl sites for hydroxylation is 3. The number of rotatable bonds is 8. The van der Waals surface area contributed by atoms with Crippen LogP contribution in [-0.2, 0) is 13.2 Å². The summed E-state index contributed by atoms with van der Waals surface area (Å²) in [5, 5.41) is 8.03. The molecule has 0 atom stereocenters. The minimum absolute atomic E-state index is 0.237. The van der Waals surface area contributed by atoms with Gasteiger partial charge in [0.15, 0.2) is 5.76 Å². The topological polar surface area (TPSA) is 69.3 Å². The largest absolute Gasteiger partial charge is 0.486 e.